The Bertz CT molecular complexity index is 263. The molecule has 1 N–H and O–H groups in total. The molecule has 0 aromatic heterocycles. The highest BCUT2D eigenvalue weighted by atomic mass is 15.3. The zero-order valence-electron chi connectivity index (χ0n) is 12.1. The van der Waals surface area contributed by atoms with Gasteiger partial charge in [0.05, 0.1) is 0 Å². The van der Waals surface area contributed by atoms with Crippen molar-refractivity contribution < 1.29 is 0 Å². The van der Waals surface area contributed by atoms with Gasteiger partial charge < -0.3 is 10.2 Å². The molecule has 3 fully saturated rings. The van der Waals surface area contributed by atoms with Gasteiger partial charge >= 0.3 is 0 Å². The molecule has 2 bridgehead atoms. The minimum Gasteiger partial charge on any atom is -0.317 e. The Morgan fingerprint density at radius 2 is 1.78 bits per heavy atom. The Hall–Kier alpha value is -0.120. The third kappa shape index (κ3) is 2.73. The molecule has 1 aliphatic carbocycles. The molecule has 0 spiro atoms. The first-order valence-electron chi connectivity index (χ1n) is 7.91. The second-order valence-corrected chi connectivity index (χ2v) is 6.65. The number of rotatable bonds is 5. The summed E-state index contributed by atoms with van der Waals surface area (Å²) in [7, 11) is 4.45. The molecular weight excluding hydrogens is 222 g/mol. The van der Waals surface area contributed by atoms with Gasteiger partial charge in [-0.25, -0.2) is 0 Å². The van der Waals surface area contributed by atoms with E-state index in [2.05, 4.69) is 29.2 Å². The number of nitrogens with zero attached hydrogens (tertiary/aromatic N) is 2. The van der Waals surface area contributed by atoms with Crippen LogP contribution in [0.2, 0.25) is 0 Å². The van der Waals surface area contributed by atoms with Crippen LogP contribution in [0.25, 0.3) is 0 Å². The lowest BCUT2D eigenvalue weighted by molar-refractivity contribution is 0.0198. The molecular formula is C15H29N3. The summed E-state index contributed by atoms with van der Waals surface area (Å²) in [6.07, 6.45) is 9.95. The smallest absolute Gasteiger partial charge is 0.0115 e. The summed E-state index contributed by atoms with van der Waals surface area (Å²) in [6, 6.07) is 3.42. The standard InChI is InChI=1S/C15H29N3/c1-16-12-10-14-4-3-5-15(11-12)18(14)9-8-17(2)13-6-7-13/h12-16H,3-11H2,1-2H3. The number of likely N-dealkylation sites (N-methyl/N-ethyl adjacent to an activating group) is 1. The fraction of sp³-hybridized carbons (Fsp3) is 1.00. The summed E-state index contributed by atoms with van der Waals surface area (Å²) >= 11 is 0. The van der Waals surface area contributed by atoms with Gasteiger partial charge in [-0.3, -0.25) is 4.90 Å². The molecule has 3 nitrogen and oxygen atoms in total. The number of piperidine rings is 2. The van der Waals surface area contributed by atoms with E-state index in [0.29, 0.717) is 0 Å². The van der Waals surface area contributed by atoms with Gasteiger partial charge in [0.2, 0.25) is 0 Å². The van der Waals surface area contributed by atoms with E-state index in [1.165, 1.54) is 58.0 Å². The maximum absolute atomic E-state index is 3.51. The molecule has 2 atom stereocenters. The maximum atomic E-state index is 3.51. The largest absolute Gasteiger partial charge is 0.317 e. The van der Waals surface area contributed by atoms with E-state index in [4.69, 9.17) is 0 Å². The minimum atomic E-state index is 0.776. The Morgan fingerprint density at radius 1 is 1.11 bits per heavy atom. The van der Waals surface area contributed by atoms with Crippen molar-refractivity contribution in [2.75, 3.05) is 27.2 Å². The highest BCUT2D eigenvalue weighted by Crippen LogP contribution is 2.34. The van der Waals surface area contributed by atoms with Crippen LogP contribution < -0.4 is 5.32 Å². The zero-order valence-corrected chi connectivity index (χ0v) is 12.1. The summed E-state index contributed by atoms with van der Waals surface area (Å²) in [5.74, 6) is 0. The second kappa shape index (κ2) is 5.48. The first-order chi connectivity index (χ1) is 8.78. The van der Waals surface area contributed by atoms with E-state index in [1.54, 1.807) is 0 Å². The fourth-order valence-electron chi connectivity index (χ4n) is 4.05. The Morgan fingerprint density at radius 3 is 2.33 bits per heavy atom. The van der Waals surface area contributed by atoms with Crippen molar-refractivity contribution in [3.8, 4) is 0 Å². The number of nitrogens with one attached hydrogen (secondary N) is 1. The van der Waals surface area contributed by atoms with Crippen molar-refractivity contribution >= 4 is 0 Å². The molecule has 0 aromatic rings. The van der Waals surface area contributed by atoms with Gasteiger partial charge in [-0.1, -0.05) is 6.42 Å². The van der Waals surface area contributed by atoms with Gasteiger partial charge in [0.1, 0.15) is 0 Å². The van der Waals surface area contributed by atoms with Crippen LogP contribution in [0.15, 0.2) is 0 Å². The molecule has 0 amide bonds. The summed E-state index contributed by atoms with van der Waals surface area (Å²) in [4.78, 5) is 5.43. The van der Waals surface area contributed by atoms with E-state index < -0.39 is 0 Å². The van der Waals surface area contributed by atoms with Crippen LogP contribution >= 0.6 is 0 Å². The number of hydrogen-bond acceptors (Lipinski definition) is 3. The topological polar surface area (TPSA) is 18.5 Å². The normalized spacial score (nSPS) is 37.2. The Labute approximate surface area is 112 Å². The molecule has 0 radical (unpaired) electrons. The van der Waals surface area contributed by atoms with Gasteiger partial charge in [-0.2, -0.15) is 0 Å². The van der Waals surface area contributed by atoms with Gasteiger partial charge in [0, 0.05) is 37.3 Å². The third-order valence-electron chi connectivity index (χ3n) is 5.42. The van der Waals surface area contributed by atoms with E-state index in [1.807, 2.05) is 0 Å². The molecule has 104 valence electrons. The Kier molecular flexibility index (Phi) is 3.92. The summed E-state index contributed by atoms with van der Waals surface area (Å²) in [5.41, 5.74) is 0. The van der Waals surface area contributed by atoms with Crippen molar-refractivity contribution in [2.45, 2.75) is 69.1 Å². The summed E-state index contributed by atoms with van der Waals surface area (Å²) < 4.78 is 0. The lowest BCUT2D eigenvalue weighted by atomic mass is 9.82. The lowest BCUT2D eigenvalue weighted by Gasteiger charge is -2.49. The van der Waals surface area contributed by atoms with Crippen LogP contribution in [0.1, 0.15) is 44.9 Å². The second-order valence-electron chi connectivity index (χ2n) is 6.65. The van der Waals surface area contributed by atoms with Crippen LogP contribution in [0.3, 0.4) is 0 Å². The lowest BCUT2D eigenvalue weighted by Crippen LogP contribution is -2.57. The van der Waals surface area contributed by atoms with E-state index in [-0.39, 0.29) is 0 Å². The summed E-state index contributed by atoms with van der Waals surface area (Å²) in [5, 5.41) is 3.51. The predicted octanol–water partition coefficient (Wildman–Crippen LogP) is 1.69. The molecule has 2 saturated heterocycles. The van der Waals surface area contributed by atoms with Crippen LogP contribution in [0.4, 0.5) is 0 Å². The van der Waals surface area contributed by atoms with Crippen molar-refractivity contribution in [2.24, 2.45) is 0 Å². The van der Waals surface area contributed by atoms with Crippen molar-refractivity contribution in [3.63, 3.8) is 0 Å². The Balaban J connectivity index is 1.54. The summed E-state index contributed by atoms with van der Waals surface area (Å²) in [6.45, 7) is 2.58. The fourth-order valence-corrected chi connectivity index (χ4v) is 4.05. The van der Waals surface area contributed by atoms with Crippen LogP contribution in [-0.2, 0) is 0 Å². The molecule has 3 aliphatic rings. The van der Waals surface area contributed by atoms with Crippen LogP contribution in [-0.4, -0.2) is 61.2 Å². The van der Waals surface area contributed by atoms with Gasteiger partial charge in [-0.05, 0) is 52.6 Å². The molecule has 3 rings (SSSR count). The SMILES string of the molecule is CNC1CC2CCCC(C1)N2CCN(C)C1CC1. The van der Waals surface area contributed by atoms with E-state index in [0.717, 1.165) is 24.2 Å². The third-order valence-corrected chi connectivity index (χ3v) is 5.42. The number of fused-ring (bicyclic) bond motifs is 2. The molecule has 2 unspecified atom stereocenters. The van der Waals surface area contributed by atoms with Gasteiger partial charge in [-0.15, -0.1) is 0 Å². The molecule has 0 aromatic carbocycles. The molecule has 2 heterocycles. The van der Waals surface area contributed by atoms with Crippen LogP contribution in [0, 0.1) is 0 Å². The first kappa shape index (κ1) is 12.9. The molecule has 3 heteroatoms. The quantitative estimate of drug-likeness (QED) is 0.802. The predicted molar refractivity (Wildman–Crippen MR) is 75.9 cm³/mol. The van der Waals surface area contributed by atoms with E-state index >= 15 is 0 Å². The van der Waals surface area contributed by atoms with Gasteiger partial charge in [0.25, 0.3) is 0 Å². The average molecular weight is 251 g/mol. The average Bonchev–Trinajstić information content (AvgIpc) is 3.19. The van der Waals surface area contributed by atoms with Crippen molar-refractivity contribution in [1.82, 2.24) is 15.1 Å². The van der Waals surface area contributed by atoms with E-state index in [9.17, 15) is 0 Å². The maximum Gasteiger partial charge on any atom is 0.0115 e. The van der Waals surface area contributed by atoms with Gasteiger partial charge in [0.15, 0.2) is 0 Å². The highest BCUT2D eigenvalue weighted by molar-refractivity contribution is 4.95. The molecule has 2 aliphatic heterocycles. The molecule has 1 saturated carbocycles. The molecule has 18 heavy (non-hydrogen) atoms. The zero-order chi connectivity index (χ0) is 12.5. The minimum absolute atomic E-state index is 0.776. The van der Waals surface area contributed by atoms with Crippen LogP contribution in [0.5, 0.6) is 0 Å². The highest BCUT2D eigenvalue weighted by Gasteiger charge is 2.37. The first-order valence-corrected chi connectivity index (χ1v) is 7.91. The van der Waals surface area contributed by atoms with Crippen molar-refractivity contribution in [3.05, 3.63) is 0 Å². The number of hydrogen-bond donors (Lipinski definition) is 1. The van der Waals surface area contributed by atoms with Crippen molar-refractivity contribution in [1.29, 1.82) is 0 Å². The monoisotopic (exact) mass is 251 g/mol.